The summed E-state index contributed by atoms with van der Waals surface area (Å²) in [5, 5.41) is 22.4. The lowest BCUT2D eigenvalue weighted by molar-refractivity contribution is -0.221. The lowest BCUT2D eigenvalue weighted by atomic mass is 9.43. The molecule has 0 amide bonds. The molecule has 0 bridgehead atoms. The highest BCUT2D eigenvalue weighted by molar-refractivity contribution is 5.35. The number of furan rings is 1. The summed E-state index contributed by atoms with van der Waals surface area (Å²) in [7, 11) is 0. The summed E-state index contributed by atoms with van der Waals surface area (Å²) in [5.74, 6) is 2.36. The molecule has 2 spiro atoms. The van der Waals surface area contributed by atoms with Crippen LogP contribution in [0.5, 0.6) is 0 Å². The Morgan fingerprint density at radius 1 is 0.971 bits per heavy atom. The second kappa shape index (κ2) is 7.44. The van der Waals surface area contributed by atoms with E-state index in [0.717, 1.165) is 56.5 Å². The van der Waals surface area contributed by atoms with Crippen LogP contribution >= 0.6 is 0 Å². The number of aliphatic hydroxyl groups is 2. The molecule has 0 aromatic carbocycles. The van der Waals surface area contributed by atoms with E-state index in [1.807, 2.05) is 6.92 Å². The first-order valence-electron chi connectivity index (χ1n) is 13.8. The number of hydrogen-bond donors (Lipinski definition) is 2. The van der Waals surface area contributed by atoms with Crippen molar-refractivity contribution in [3.63, 3.8) is 0 Å². The second-order valence-electron chi connectivity index (χ2n) is 12.9. The molecule has 35 heavy (non-hydrogen) atoms. The predicted molar refractivity (Wildman–Crippen MR) is 128 cm³/mol. The van der Waals surface area contributed by atoms with Crippen molar-refractivity contribution in [2.45, 2.75) is 102 Å². The first-order valence-corrected chi connectivity index (χ1v) is 13.8. The maximum Gasteiger partial charge on any atom is 0.172 e. The Labute approximate surface area is 208 Å². The van der Waals surface area contributed by atoms with E-state index in [1.54, 1.807) is 0 Å². The summed E-state index contributed by atoms with van der Waals surface area (Å²) in [4.78, 5) is 0. The Balaban J connectivity index is 1.35. The lowest BCUT2D eigenvalue weighted by Crippen LogP contribution is -2.61. The highest BCUT2D eigenvalue weighted by Gasteiger charge is 2.70. The van der Waals surface area contributed by atoms with Gasteiger partial charge in [-0.25, -0.2) is 0 Å². The number of aliphatic hydroxyl groups excluding tert-OH is 2. The summed E-state index contributed by atoms with van der Waals surface area (Å²) in [6.45, 7) is 8.05. The molecule has 3 heterocycles. The van der Waals surface area contributed by atoms with E-state index < -0.39 is 18.2 Å². The molecule has 192 valence electrons. The first-order chi connectivity index (χ1) is 16.7. The summed E-state index contributed by atoms with van der Waals surface area (Å²) in [6.07, 6.45) is 8.32. The van der Waals surface area contributed by atoms with E-state index in [9.17, 15) is 10.2 Å². The molecule has 5 fully saturated rings. The smallest absolute Gasteiger partial charge is 0.172 e. The summed E-state index contributed by atoms with van der Waals surface area (Å²) < 4.78 is 24.9. The molecule has 4 aliphatic carbocycles. The van der Waals surface area contributed by atoms with Crippen LogP contribution < -0.4 is 0 Å². The largest absolute Gasteiger partial charge is 0.466 e. The van der Waals surface area contributed by atoms with Gasteiger partial charge in [0.25, 0.3) is 0 Å². The predicted octanol–water partition coefficient (Wildman–Crippen LogP) is 4.83. The minimum atomic E-state index is -0.680. The Bertz CT molecular complexity index is 1040. The third-order valence-corrected chi connectivity index (χ3v) is 11.5. The van der Waals surface area contributed by atoms with Crippen LogP contribution in [0.4, 0.5) is 0 Å². The maximum absolute atomic E-state index is 12.0. The number of allylic oxidation sites excluding steroid dienone is 1. The van der Waals surface area contributed by atoms with E-state index in [2.05, 4.69) is 32.1 Å². The molecule has 0 radical (unpaired) electrons. The van der Waals surface area contributed by atoms with Crippen LogP contribution in [-0.2, 0) is 14.2 Å². The van der Waals surface area contributed by atoms with Gasteiger partial charge in [-0.05, 0) is 74.3 Å². The number of hydrogen-bond acceptors (Lipinski definition) is 6. The zero-order valence-electron chi connectivity index (χ0n) is 21.3. The highest BCUT2D eigenvalue weighted by Crippen LogP contribution is 2.72. The molecule has 1 aromatic rings. The van der Waals surface area contributed by atoms with E-state index in [0.29, 0.717) is 25.6 Å². The van der Waals surface area contributed by atoms with Crippen LogP contribution in [0.2, 0.25) is 0 Å². The van der Waals surface area contributed by atoms with Crippen molar-refractivity contribution in [3.05, 3.63) is 35.3 Å². The van der Waals surface area contributed by atoms with Gasteiger partial charge in [-0.3, -0.25) is 0 Å². The van der Waals surface area contributed by atoms with Gasteiger partial charge < -0.3 is 28.8 Å². The normalized spacial score (nSPS) is 50.3. The van der Waals surface area contributed by atoms with Gasteiger partial charge in [0.2, 0.25) is 0 Å². The van der Waals surface area contributed by atoms with Gasteiger partial charge in [-0.15, -0.1) is 0 Å². The third kappa shape index (κ3) is 3.01. The van der Waals surface area contributed by atoms with Crippen molar-refractivity contribution in [1.82, 2.24) is 0 Å². The van der Waals surface area contributed by atoms with Gasteiger partial charge in [0.15, 0.2) is 12.1 Å². The van der Waals surface area contributed by atoms with Crippen LogP contribution in [0.25, 0.3) is 0 Å². The average molecular weight is 485 g/mol. The molecule has 6 heteroatoms. The van der Waals surface area contributed by atoms with Gasteiger partial charge in [0.1, 0.15) is 11.5 Å². The van der Waals surface area contributed by atoms with Crippen LogP contribution in [0.1, 0.15) is 82.7 Å². The highest BCUT2D eigenvalue weighted by atomic mass is 16.7. The zero-order chi connectivity index (χ0) is 24.2. The summed E-state index contributed by atoms with van der Waals surface area (Å²) in [6, 6.07) is 4.20. The molecular formula is C29H40O6. The summed E-state index contributed by atoms with van der Waals surface area (Å²) >= 11 is 0. The van der Waals surface area contributed by atoms with E-state index in [4.69, 9.17) is 18.6 Å². The zero-order valence-corrected chi connectivity index (χ0v) is 21.3. The minimum Gasteiger partial charge on any atom is -0.466 e. The molecular weight excluding hydrogens is 444 g/mol. The molecule has 1 aromatic heterocycles. The maximum atomic E-state index is 12.0. The molecule has 9 atom stereocenters. The minimum absolute atomic E-state index is 0.0874. The Morgan fingerprint density at radius 3 is 2.43 bits per heavy atom. The topological polar surface area (TPSA) is 81.3 Å². The van der Waals surface area contributed by atoms with Gasteiger partial charge in [-0.2, -0.15) is 0 Å². The van der Waals surface area contributed by atoms with Gasteiger partial charge in [0, 0.05) is 30.6 Å². The first kappa shape index (κ1) is 23.0. The third-order valence-electron chi connectivity index (χ3n) is 11.5. The Morgan fingerprint density at radius 2 is 1.74 bits per heavy atom. The number of rotatable bonds is 1. The van der Waals surface area contributed by atoms with Crippen molar-refractivity contribution in [2.24, 2.45) is 28.6 Å². The van der Waals surface area contributed by atoms with Crippen LogP contribution in [-0.4, -0.2) is 47.2 Å². The Hall–Kier alpha value is -1.18. The fourth-order valence-corrected chi connectivity index (χ4v) is 9.81. The van der Waals surface area contributed by atoms with Crippen molar-refractivity contribution < 1.29 is 28.8 Å². The molecule has 6 aliphatic rings. The molecule has 3 unspecified atom stereocenters. The van der Waals surface area contributed by atoms with Gasteiger partial charge in [0.05, 0.1) is 24.9 Å². The SMILES string of the molecule is Cc1ccc([C@@H]2C=C3CC4(CC[C@]3(C)C3[C@@H]2[C@@H]2CCC5(CCC(O)O5)[C@@]2(C)C[C@H]3O)OCCO4)o1. The van der Waals surface area contributed by atoms with Crippen molar-refractivity contribution >= 4 is 0 Å². The van der Waals surface area contributed by atoms with Crippen LogP contribution in [0, 0.1) is 35.5 Å². The molecule has 7 rings (SSSR count). The molecule has 2 saturated heterocycles. The number of aryl methyl sites for hydroxylation is 1. The van der Waals surface area contributed by atoms with E-state index in [1.165, 1.54) is 5.57 Å². The van der Waals surface area contributed by atoms with Crippen molar-refractivity contribution in [2.75, 3.05) is 13.2 Å². The van der Waals surface area contributed by atoms with Crippen LogP contribution in [0.3, 0.4) is 0 Å². The molecule has 3 saturated carbocycles. The molecule has 2 N–H and O–H groups in total. The summed E-state index contributed by atoms with van der Waals surface area (Å²) in [5.41, 5.74) is 0.782. The number of ether oxygens (including phenoxy) is 3. The van der Waals surface area contributed by atoms with Crippen molar-refractivity contribution in [1.29, 1.82) is 0 Å². The average Bonchev–Trinajstić information content (AvgIpc) is 3.58. The van der Waals surface area contributed by atoms with Crippen molar-refractivity contribution in [3.8, 4) is 0 Å². The lowest BCUT2D eigenvalue weighted by Gasteiger charge is -2.62. The van der Waals surface area contributed by atoms with Crippen LogP contribution in [0.15, 0.2) is 28.2 Å². The second-order valence-corrected chi connectivity index (χ2v) is 12.9. The Kier molecular flexibility index (Phi) is 4.89. The standard InChI is InChI=1S/C29H40O6/c1-17-4-5-22(34-17)19-14-18-15-29(32-12-13-33-29)11-10-26(18,2)25-21(30)16-27(3)20(24(19)25)6-8-28(27)9-7-23(31)35-28/h4-5,14,19-21,23-25,30-31H,6-13,15-16H2,1-3H3/t19-,20-,21+,23?,24-,25?,26-,27-,28?/m0/s1. The van der Waals surface area contributed by atoms with E-state index in [-0.39, 0.29) is 34.2 Å². The quantitative estimate of drug-likeness (QED) is 0.556. The number of fused-ring (bicyclic) bond motifs is 6. The molecule has 2 aliphatic heterocycles. The fraction of sp³-hybridized carbons (Fsp3) is 0.793. The fourth-order valence-electron chi connectivity index (χ4n) is 9.81. The monoisotopic (exact) mass is 484 g/mol. The van der Waals surface area contributed by atoms with E-state index >= 15 is 0 Å². The van der Waals surface area contributed by atoms with Gasteiger partial charge in [-0.1, -0.05) is 25.5 Å². The molecule has 6 nitrogen and oxygen atoms in total. The van der Waals surface area contributed by atoms with Gasteiger partial charge >= 0.3 is 0 Å².